The number of benzene rings is 3. The second-order valence-corrected chi connectivity index (χ2v) is 8.85. The van der Waals surface area contributed by atoms with Gasteiger partial charge in [-0.3, -0.25) is 19.2 Å². The fraction of sp³-hybridized carbons (Fsp3) is 0.0345. The lowest BCUT2D eigenvalue weighted by atomic mass is 9.64. The summed E-state index contributed by atoms with van der Waals surface area (Å²) in [6.07, 6.45) is 1.35. The summed E-state index contributed by atoms with van der Waals surface area (Å²) in [6, 6.07) is 22.7. The minimum Gasteiger partial charge on any atom is -0.354 e. The largest absolute Gasteiger partial charge is 0.354 e. The lowest BCUT2D eigenvalue weighted by Crippen LogP contribution is -2.46. The van der Waals surface area contributed by atoms with Crippen molar-refractivity contribution in [3.63, 3.8) is 0 Å². The van der Waals surface area contributed by atoms with Gasteiger partial charge in [0, 0.05) is 50.7 Å². The van der Waals surface area contributed by atoms with Crippen LogP contribution in [-0.2, 0) is 4.79 Å². The predicted octanol–water partition coefficient (Wildman–Crippen LogP) is 3.69. The van der Waals surface area contributed by atoms with Gasteiger partial charge >= 0.3 is 0 Å². The summed E-state index contributed by atoms with van der Waals surface area (Å²) in [5, 5.41) is 6.00. The number of dihydropyridines is 1. The summed E-state index contributed by atoms with van der Waals surface area (Å²) in [7, 11) is 0. The second kappa shape index (κ2) is 6.61. The Bertz CT molecular complexity index is 1580. The summed E-state index contributed by atoms with van der Waals surface area (Å²) < 4.78 is 0. The van der Waals surface area contributed by atoms with Gasteiger partial charge in [-0.2, -0.15) is 0 Å². The molecule has 35 heavy (non-hydrogen) atoms. The van der Waals surface area contributed by atoms with Crippen molar-refractivity contribution in [1.29, 1.82) is 0 Å². The van der Waals surface area contributed by atoms with Gasteiger partial charge in [-0.15, -0.1) is 0 Å². The monoisotopic (exact) mass is 456 g/mol. The number of hydrogen-bond donors (Lipinski definition) is 2. The molecule has 2 heterocycles. The first-order chi connectivity index (χ1) is 17.0. The van der Waals surface area contributed by atoms with E-state index >= 15 is 0 Å². The minimum atomic E-state index is -1.87. The van der Waals surface area contributed by atoms with Gasteiger partial charge in [0.15, 0.2) is 17.3 Å². The first-order valence-corrected chi connectivity index (χ1v) is 11.2. The summed E-state index contributed by atoms with van der Waals surface area (Å²) >= 11 is 0. The van der Waals surface area contributed by atoms with Gasteiger partial charge in [0.2, 0.25) is 5.91 Å². The van der Waals surface area contributed by atoms with Crippen molar-refractivity contribution < 1.29 is 19.2 Å². The highest BCUT2D eigenvalue weighted by Crippen LogP contribution is 2.59. The van der Waals surface area contributed by atoms with Crippen LogP contribution in [0.4, 0.5) is 0 Å². The van der Waals surface area contributed by atoms with E-state index < -0.39 is 17.1 Å². The molecule has 0 bridgehead atoms. The molecule has 0 saturated heterocycles. The first kappa shape index (κ1) is 19.6. The topological polar surface area (TPSA) is 92.3 Å². The summed E-state index contributed by atoms with van der Waals surface area (Å²) in [5.41, 5.74) is 1.84. The molecule has 4 aliphatic rings. The van der Waals surface area contributed by atoms with Crippen LogP contribution in [0.5, 0.6) is 0 Å². The lowest BCUT2D eigenvalue weighted by Gasteiger charge is -2.36. The normalized spacial score (nSPS) is 18.6. The Kier molecular flexibility index (Phi) is 3.70. The molecule has 2 N–H and O–H groups in total. The third-order valence-electron chi connectivity index (χ3n) is 7.21. The molecule has 2 aliphatic carbocycles. The SMILES string of the molecule is O=C(C1=CNC(=O)C12C1=C(NC3=C2C(=O)c2ccccc23)c2ccccc2C1=O)c1ccccc1. The molecule has 3 aromatic carbocycles. The molecule has 3 aromatic rings. The van der Waals surface area contributed by atoms with Crippen molar-refractivity contribution in [1.82, 2.24) is 10.6 Å². The van der Waals surface area contributed by atoms with E-state index in [1.165, 1.54) is 6.20 Å². The van der Waals surface area contributed by atoms with Crippen molar-refractivity contribution in [2.75, 3.05) is 0 Å². The molecule has 7 rings (SSSR count). The number of amides is 1. The summed E-state index contributed by atoms with van der Waals surface area (Å²) in [4.78, 5) is 55.4. The standard InChI is InChI=1S/C29H16N2O4/c32-25(15-8-2-1-3-9-15)20-14-30-28(35)29(20)21-23(16-10-4-6-12-18(16)26(21)33)31-24-17-11-5-7-13-19(17)27(34)22(24)29/h1-14,31H,(H,30,35). The van der Waals surface area contributed by atoms with Gasteiger partial charge in [0.05, 0.1) is 11.4 Å². The minimum absolute atomic E-state index is 0.0671. The molecule has 0 atom stereocenters. The van der Waals surface area contributed by atoms with E-state index in [0.29, 0.717) is 39.2 Å². The van der Waals surface area contributed by atoms with Crippen LogP contribution in [0.1, 0.15) is 42.2 Å². The summed E-state index contributed by atoms with van der Waals surface area (Å²) in [6.45, 7) is 0. The van der Waals surface area contributed by atoms with E-state index in [1.54, 1.807) is 66.7 Å². The van der Waals surface area contributed by atoms with E-state index in [1.807, 2.05) is 12.1 Å². The molecule has 0 aromatic heterocycles. The molecule has 6 nitrogen and oxygen atoms in total. The Balaban J connectivity index is 1.57. The van der Waals surface area contributed by atoms with Gasteiger partial charge in [-0.25, -0.2) is 0 Å². The maximum atomic E-state index is 13.9. The number of fused-ring (bicyclic) bond motifs is 6. The zero-order valence-corrected chi connectivity index (χ0v) is 18.2. The second-order valence-electron chi connectivity index (χ2n) is 8.85. The number of carbonyl (C=O) groups is 4. The Labute approximate surface area is 199 Å². The maximum absolute atomic E-state index is 13.9. The molecule has 6 heteroatoms. The average Bonchev–Trinajstić information content (AvgIpc) is 3.49. The van der Waals surface area contributed by atoms with Crippen molar-refractivity contribution in [3.8, 4) is 0 Å². The number of Topliss-reactive ketones (excluding diaryl/α,β-unsaturated/α-hetero) is 3. The Morgan fingerprint density at radius 3 is 1.66 bits per heavy atom. The molecule has 166 valence electrons. The quantitative estimate of drug-likeness (QED) is 0.574. The van der Waals surface area contributed by atoms with E-state index in [-0.39, 0.29) is 28.3 Å². The van der Waals surface area contributed by atoms with Gasteiger partial charge < -0.3 is 10.6 Å². The number of carbonyl (C=O) groups excluding carboxylic acids is 4. The highest BCUT2D eigenvalue weighted by Gasteiger charge is 2.64. The fourth-order valence-corrected chi connectivity index (χ4v) is 5.74. The number of ketones is 3. The number of rotatable bonds is 2. The van der Waals surface area contributed by atoms with Crippen molar-refractivity contribution >= 4 is 34.7 Å². The van der Waals surface area contributed by atoms with Crippen LogP contribution in [0.2, 0.25) is 0 Å². The molecule has 1 amide bonds. The van der Waals surface area contributed by atoms with Gasteiger partial charge in [0.1, 0.15) is 5.41 Å². The first-order valence-electron chi connectivity index (χ1n) is 11.2. The van der Waals surface area contributed by atoms with Crippen LogP contribution in [0.25, 0.3) is 11.4 Å². The van der Waals surface area contributed by atoms with Crippen molar-refractivity contribution in [2.24, 2.45) is 5.41 Å². The Morgan fingerprint density at radius 1 is 0.629 bits per heavy atom. The average molecular weight is 456 g/mol. The maximum Gasteiger partial charge on any atom is 0.244 e. The number of hydrogen-bond acceptors (Lipinski definition) is 5. The van der Waals surface area contributed by atoms with E-state index in [4.69, 9.17) is 0 Å². The van der Waals surface area contributed by atoms with Crippen molar-refractivity contribution in [2.45, 2.75) is 0 Å². The highest BCUT2D eigenvalue weighted by atomic mass is 16.2. The van der Waals surface area contributed by atoms with E-state index in [2.05, 4.69) is 10.6 Å². The summed E-state index contributed by atoms with van der Waals surface area (Å²) in [5.74, 6) is -1.75. The van der Waals surface area contributed by atoms with Gasteiger partial charge in [-0.1, -0.05) is 78.9 Å². The Hall–Kier alpha value is -4.84. The third kappa shape index (κ3) is 2.23. The lowest BCUT2D eigenvalue weighted by molar-refractivity contribution is -0.123. The molecule has 0 saturated carbocycles. The van der Waals surface area contributed by atoms with Crippen LogP contribution in [0.3, 0.4) is 0 Å². The van der Waals surface area contributed by atoms with Gasteiger partial charge in [0.25, 0.3) is 0 Å². The third-order valence-corrected chi connectivity index (χ3v) is 7.21. The van der Waals surface area contributed by atoms with Gasteiger partial charge in [-0.05, 0) is 0 Å². The molecular formula is C29H16N2O4. The predicted molar refractivity (Wildman–Crippen MR) is 128 cm³/mol. The molecule has 0 unspecified atom stereocenters. The van der Waals surface area contributed by atoms with Crippen LogP contribution < -0.4 is 10.6 Å². The van der Waals surface area contributed by atoms with Crippen LogP contribution in [0, 0.1) is 5.41 Å². The van der Waals surface area contributed by atoms with Crippen molar-refractivity contribution in [3.05, 3.63) is 130 Å². The Morgan fingerprint density at radius 2 is 1.11 bits per heavy atom. The smallest absolute Gasteiger partial charge is 0.244 e. The molecule has 0 radical (unpaired) electrons. The van der Waals surface area contributed by atoms with Crippen LogP contribution in [-0.4, -0.2) is 23.3 Å². The zero-order valence-electron chi connectivity index (χ0n) is 18.2. The van der Waals surface area contributed by atoms with Crippen LogP contribution >= 0.6 is 0 Å². The molecule has 1 spiro atoms. The molecular weight excluding hydrogens is 440 g/mol. The zero-order chi connectivity index (χ0) is 23.9. The molecule has 0 fully saturated rings. The highest BCUT2D eigenvalue weighted by molar-refractivity contribution is 6.36. The fourth-order valence-electron chi connectivity index (χ4n) is 5.74. The van der Waals surface area contributed by atoms with Crippen LogP contribution in [0.15, 0.2) is 102 Å². The van der Waals surface area contributed by atoms with E-state index in [9.17, 15) is 19.2 Å². The molecule has 2 aliphatic heterocycles. The van der Waals surface area contributed by atoms with E-state index in [0.717, 1.165) is 0 Å². The number of nitrogens with one attached hydrogen (secondary N) is 2.